The van der Waals surface area contributed by atoms with Gasteiger partial charge in [0.05, 0.1) is 19.6 Å². The third-order valence-electron chi connectivity index (χ3n) is 3.84. The molecule has 2 heterocycles. The molecule has 7 heteroatoms. The maximum atomic E-state index is 4.74. The molecule has 3 rings (SSSR count). The maximum Gasteiger partial charge on any atom is 0.191 e. The Morgan fingerprint density at radius 2 is 2.04 bits per heavy atom. The molecule has 26 heavy (non-hydrogen) atoms. The molecule has 0 saturated heterocycles. The smallest absolute Gasteiger partial charge is 0.191 e. The highest BCUT2D eigenvalue weighted by molar-refractivity contribution is 7.11. The Labute approximate surface area is 158 Å². The molecule has 2 N–H and O–H groups in total. The highest BCUT2D eigenvalue weighted by Crippen LogP contribution is 2.12. The van der Waals surface area contributed by atoms with E-state index in [1.165, 1.54) is 16.0 Å². The first kappa shape index (κ1) is 18.1. The van der Waals surface area contributed by atoms with Gasteiger partial charge >= 0.3 is 0 Å². The lowest BCUT2D eigenvalue weighted by atomic mass is 10.1. The van der Waals surface area contributed by atoms with Crippen molar-refractivity contribution < 1.29 is 0 Å². The van der Waals surface area contributed by atoms with E-state index in [1.807, 2.05) is 23.1 Å². The van der Waals surface area contributed by atoms with Crippen LogP contribution in [0.1, 0.15) is 27.9 Å². The van der Waals surface area contributed by atoms with E-state index in [2.05, 4.69) is 58.8 Å². The molecule has 0 atom stereocenters. The van der Waals surface area contributed by atoms with Crippen LogP contribution in [0.4, 0.5) is 0 Å². The van der Waals surface area contributed by atoms with E-state index in [-0.39, 0.29) is 0 Å². The molecular weight excluding hydrogens is 344 g/mol. The first-order valence-electron chi connectivity index (χ1n) is 8.72. The predicted octanol–water partition coefficient (Wildman–Crippen LogP) is 2.95. The van der Waals surface area contributed by atoms with Crippen LogP contribution in [0, 0.1) is 6.92 Å². The molecule has 3 aromatic rings. The Hall–Kier alpha value is -2.67. The van der Waals surface area contributed by atoms with Crippen LogP contribution in [0.5, 0.6) is 0 Å². The van der Waals surface area contributed by atoms with Crippen LogP contribution >= 0.6 is 11.3 Å². The van der Waals surface area contributed by atoms with Crippen molar-refractivity contribution in [2.45, 2.75) is 33.5 Å². The first-order valence-corrected chi connectivity index (χ1v) is 9.54. The van der Waals surface area contributed by atoms with E-state index in [4.69, 9.17) is 4.99 Å². The number of nitrogens with one attached hydrogen (secondary N) is 2. The standard InChI is InChI=1S/C19H24N6S/c1-3-20-19(23-13-18-21-11-15(2)26-18)22-12-16-7-4-5-8-17(16)14-25-10-6-9-24-25/h4-11H,3,12-14H2,1-2H3,(H2,20,22,23). The summed E-state index contributed by atoms with van der Waals surface area (Å²) in [6.07, 6.45) is 5.67. The first-order chi connectivity index (χ1) is 12.7. The van der Waals surface area contributed by atoms with E-state index < -0.39 is 0 Å². The third kappa shape index (κ3) is 5.16. The molecule has 0 saturated carbocycles. The number of rotatable bonds is 7. The Kier molecular flexibility index (Phi) is 6.38. The summed E-state index contributed by atoms with van der Waals surface area (Å²) >= 11 is 1.70. The van der Waals surface area contributed by atoms with Crippen LogP contribution in [-0.2, 0) is 19.6 Å². The number of aliphatic imine (C=N–C) groups is 1. The van der Waals surface area contributed by atoms with Crippen LogP contribution in [0.2, 0.25) is 0 Å². The van der Waals surface area contributed by atoms with Gasteiger partial charge < -0.3 is 10.6 Å². The summed E-state index contributed by atoms with van der Waals surface area (Å²) in [6.45, 7) is 7.00. The van der Waals surface area contributed by atoms with Crippen molar-refractivity contribution in [3.63, 3.8) is 0 Å². The molecule has 2 aromatic heterocycles. The average molecular weight is 369 g/mol. The summed E-state index contributed by atoms with van der Waals surface area (Å²) < 4.78 is 1.93. The number of thiazole rings is 1. The van der Waals surface area contributed by atoms with Crippen LogP contribution in [0.3, 0.4) is 0 Å². The molecular formula is C19H24N6S. The van der Waals surface area contributed by atoms with Gasteiger partial charge in [0.25, 0.3) is 0 Å². The van der Waals surface area contributed by atoms with Crippen molar-refractivity contribution in [1.82, 2.24) is 25.4 Å². The number of benzene rings is 1. The Morgan fingerprint density at radius 3 is 2.73 bits per heavy atom. The zero-order valence-electron chi connectivity index (χ0n) is 15.1. The number of nitrogens with zero attached hydrogens (tertiary/aromatic N) is 4. The van der Waals surface area contributed by atoms with Gasteiger partial charge in [0.1, 0.15) is 5.01 Å². The highest BCUT2D eigenvalue weighted by atomic mass is 32.1. The van der Waals surface area contributed by atoms with Gasteiger partial charge in [-0.25, -0.2) is 9.98 Å². The molecule has 136 valence electrons. The summed E-state index contributed by atoms with van der Waals surface area (Å²) in [4.78, 5) is 10.3. The highest BCUT2D eigenvalue weighted by Gasteiger charge is 2.05. The molecule has 0 unspecified atom stereocenters. The van der Waals surface area contributed by atoms with E-state index in [1.54, 1.807) is 17.5 Å². The van der Waals surface area contributed by atoms with Gasteiger partial charge in [-0.2, -0.15) is 5.10 Å². The summed E-state index contributed by atoms with van der Waals surface area (Å²) in [5.41, 5.74) is 2.43. The van der Waals surface area contributed by atoms with Crippen molar-refractivity contribution in [3.8, 4) is 0 Å². The molecule has 0 bridgehead atoms. The van der Waals surface area contributed by atoms with E-state index in [0.717, 1.165) is 24.1 Å². The maximum absolute atomic E-state index is 4.74. The van der Waals surface area contributed by atoms with Crippen molar-refractivity contribution in [1.29, 1.82) is 0 Å². The number of aromatic nitrogens is 3. The second kappa shape index (κ2) is 9.15. The lowest BCUT2D eigenvalue weighted by molar-refractivity contribution is 0.680. The molecule has 0 amide bonds. The fourth-order valence-electron chi connectivity index (χ4n) is 2.58. The fourth-order valence-corrected chi connectivity index (χ4v) is 3.31. The molecule has 0 aliphatic rings. The summed E-state index contributed by atoms with van der Waals surface area (Å²) in [7, 11) is 0. The van der Waals surface area contributed by atoms with Gasteiger partial charge in [-0.3, -0.25) is 4.68 Å². The van der Waals surface area contributed by atoms with Gasteiger partial charge in [-0.05, 0) is 31.0 Å². The fraction of sp³-hybridized carbons (Fsp3) is 0.316. The summed E-state index contributed by atoms with van der Waals surface area (Å²) in [5, 5.41) is 12.0. The average Bonchev–Trinajstić information content (AvgIpc) is 3.30. The molecule has 0 radical (unpaired) electrons. The van der Waals surface area contributed by atoms with Gasteiger partial charge in [0, 0.05) is 30.0 Å². The number of hydrogen-bond donors (Lipinski definition) is 2. The predicted molar refractivity (Wildman–Crippen MR) is 106 cm³/mol. The van der Waals surface area contributed by atoms with Crippen LogP contribution in [-0.4, -0.2) is 27.3 Å². The van der Waals surface area contributed by atoms with Gasteiger partial charge in [-0.15, -0.1) is 11.3 Å². The number of hydrogen-bond acceptors (Lipinski definition) is 4. The number of aryl methyl sites for hydroxylation is 1. The second-order valence-electron chi connectivity index (χ2n) is 5.89. The van der Waals surface area contributed by atoms with Crippen LogP contribution in [0.25, 0.3) is 0 Å². The van der Waals surface area contributed by atoms with Crippen LogP contribution < -0.4 is 10.6 Å². The monoisotopic (exact) mass is 368 g/mol. The van der Waals surface area contributed by atoms with Crippen molar-refractivity contribution in [3.05, 3.63) is 69.9 Å². The van der Waals surface area contributed by atoms with Crippen molar-refractivity contribution in [2.24, 2.45) is 4.99 Å². The minimum Gasteiger partial charge on any atom is -0.357 e. The Bertz CT molecular complexity index is 837. The summed E-state index contributed by atoms with van der Waals surface area (Å²) in [5.74, 6) is 0.800. The second-order valence-corrected chi connectivity index (χ2v) is 7.21. The quantitative estimate of drug-likeness (QED) is 0.497. The lowest BCUT2D eigenvalue weighted by Crippen LogP contribution is -2.36. The topological polar surface area (TPSA) is 67.1 Å². The van der Waals surface area contributed by atoms with Crippen molar-refractivity contribution >= 4 is 17.3 Å². The Balaban J connectivity index is 1.67. The van der Waals surface area contributed by atoms with Crippen LogP contribution in [0.15, 0.2) is 53.9 Å². The van der Waals surface area contributed by atoms with Gasteiger partial charge in [0.2, 0.25) is 0 Å². The minimum atomic E-state index is 0.615. The minimum absolute atomic E-state index is 0.615. The molecule has 0 aliphatic heterocycles. The largest absolute Gasteiger partial charge is 0.357 e. The SMILES string of the molecule is CCNC(=NCc1ccccc1Cn1cccn1)NCc1ncc(C)s1. The third-order valence-corrected chi connectivity index (χ3v) is 4.75. The van der Waals surface area contributed by atoms with E-state index in [0.29, 0.717) is 13.1 Å². The Morgan fingerprint density at radius 1 is 1.19 bits per heavy atom. The molecule has 0 spiro atoms. The zero-order chi connectivity index (χ0) is 18.2. The van der Waals surface area contributed by atoms with E-state index >= 15 is 0 Å². The van der Waals surface area contributed by atoms with Crippen molar-refractivity contribution in [2.75, 3.05) is 6.54 Å². The zero-order valence-corrected chi connectivity index (χ0v) is 16.0. The lowest BCUT2D eigenvalue weighted by Gasteiger charge is -2.12. The summed E-state index contributed by atoms with van der Waals surface area (Å²) in [6, 6.07) is 10.3. The molecule has 1 aromatic carbocycles. The molecule has 0 fully saturated rings. The molecule has 6 nitrogen and oxygen atoms in total. The van der Waals surface area contributed by atoms with Gasteiger partial charge in [0.15, 0.2) is 5.96 Å². The van der Waals surface area contributed by atoms with Gasteiger partial charge in [-0.1, -0.05) is 24.3 Å². The van der Waals surface area contributed by atoms with E-state index in [9.17, 15) is 0 Å². The normalized spacial score (nSPS) is 11.5. The number of guanidine groups is 1. The molecule has 0 aliphatic carbocycles.